The van der Waals surface area contributed by atoms with Crippen molar-refractivity contribution in [3.8, 4) is 0 Å². The predicted octanol–water partition coefficient (Wildman–Crippen LogP) is 2.11. The molecule has 0 aliphatic heterocycles. The smallest absolute Gasteiger partial charge is 0.348 e. The molecule has 0 amide bonds. The van der Waals surface area contributed by atoms with Gasteiger partial charge in [0.1, 0.15) is 15.5 Å². The monoisotopic (exact) mass is 321 g/mol. The van der Waals surface area contributed by atoms with Crippen molar-refractivity contribution in [1.29, 1.82) is 0 Å². The van der Waals surface area contributed by atoms with Crippen molar-refractivity contribution < 1.29 is 9.53 Å². The first-order valence-corrected chi connectivity index (χ1v) is 8.24. The van der Waals surface area contributed by atoms with Crippen LogP contribution in [-0.4, -0.2) is 28.1 Å². The van der Waals surface area contributed by atoms with Gasteiger partial charge in [0.25, 0.3) is 5.56 Å². The van der Waals surface area contributed by atoms with E-state index >= 15 is 0 Å². The normalized spacial score (nSPS) is 14.7. The highest BCUT2D eigenvalue weighted by Gasteiger charge is 2.23. The summed E-state index contributed by atoms with van der Waals surface area (Å²) >= 11 is 1.22. The summed E-state index contributed by atoms with van der Waals surface area (Å²) in [7, 11) is 0. The number of esters is 1. The van der Waals surface area contributed by atoms with E-state index in [2.05, 4.69) is 15.3 Å². The number of thiophene rings is 1. The van der Waals surface area contributed by atoms with Crippen molar-refractivity contribution in [1.82, 2.24) is 15.3 Å². The number of hydrogen-bond donors (Lipinski definition) is 2. The molecule has 1 aliphatic rings. The Morgan fingerprint density at radius 2 is 2.23 bits per heavy atom. The summed E-state index contributed by atoms with van der Waals surface area (Å²) in [6.45, 7) is 5.90. The van der Waals surface area contributed by atoms with Gasteiger partial charge in [-0.15, -0.1) is 11.3 Å². The van der Waals surface area contributed by atoms with Gasteiger partial charge < -0.3 is 15.0 Å². The standard InChI is InChI=1S/C15H19N3O3S/c1-7(2)21-15(20)12-8(3)11-13(19)17-10(18-14(11)22-12)6-16-9-4-5-9/h7,9,16H,4-6H2,1-3H3,(H,17,18,19). The van der Waals surface area contributed by atoms with E-state index < -0.39 is 5.97 Å². The van der Waals surface area contributed by atoms with Gasteiger partial charge in [-0.3, -0.25) is 4.79 Å². The third-order valence-corrected chi connectivity index (χ3v) is 4.68. The van der Waals surface area contributed by atoms with Crippen LogP contribution in [0, 0.1) is 6.92 Å². The molecule has 0 unspecified atom stereocenters. The fourth-order valence-corrected chi connectivity index (χ4v) is 3.35. The van der Waals surface area contributed by atoms with Crippen LogP contribution in [0.4, 0.5) is 0 Å². The number of nitrogens with zero attached hydrogens (tertiary/aromatic N) is 1. The lowest BCUT2D eigenvalue weighted by molar-refractivity contribution is 0.0383. The van der Waals surface area contributed by atoms with Crippen LogP contribution in [0.1, 0.15) is 47.7 Å². The molecule has 0 spiro atoms. The Morgan fingerprint density at radius 3 is 2.86 bits per heavy atom. The van der Waals surface area contributed by atoms with Crippen molar-refractivity contribution in [3.63, 3.8) is 0 Å². The van der Waals surface area contributed by atoms with E-state index in [0.29, 0.717) is 39.1 Å². The maximum atomic E-state index is 12.3. The lowest BCUT2D eigenvalue weighted by Gasteiger charge is -2.06. The van der Waals surface area contributed by atoms with Crippen molar-refractivity contribution in [2.24, 2.45) is 0 Å². The van der Waals surface area contributed by atoms with Gasteiger partial charge in [0.05, 0.1) is 18.0 Å². The summed E-state index contributed by atoms with van der Waals surface area (Å²) in [4.78, 5) is 32.7. The molecule has 2 heterocycles. The first kappa shape index (κ1) is 15.2. The van der Waals surface area contributed by atoms with Crippen LogP contribution in [0.2, 0.25) is 0 Å². The fourth-order valence-electron chi connectivity index (χ4n) is 2.26. The summed E-state index contributed by atoms with van der Waals surface area (Å²) in [5.41, 5.74) is 0.441. The number of fused-ring (bicyclic) bond motifs is 1. The molecule has 0 aromatic carbocycles. The second-order valence-corrected chi connectivity index (χ2v) is 6.86. The molecule has 3 rings (SSSR count). The molecule has 1 fully saturated rings. The number of rotatable bonds is 5. The van der Waals surface area contributed by atoms with Crippen LogP contribution in [0.15, 0.2) is 4.79 Å². The van der Waals surface area contributed by atoms with Gasteiger partial charge in [-0.1, -0.05) is 0 Å². The molecular formula is C15H19N3O3S. The lowest BCUT2D eigenvalue weighted by atomic mass is 10.2. The fraction of sp³-hybridized carbons (Fsp3) is 0.533. The number of hydrogen-bond acceptors (Lipinski definition) is 6. The van der Waals surface area contributed by atoms with Gasteiger partial charge >= 0.3 is 5.97 Å². The van der Waals surface area contributed by atoms with Crippen molar-refractivity contribution in [3.05, 3.63) is 26.6 Å². The van der Waals surface area contributed by atoms with Crippen LogP contribution in [0.5, 0.6) is 0 Å². The molecule has 2 aromatic heterocycles. The van der Waals surface area contributed by atoms with E-state index in [-0.39, 0.29) is 11.7 Å². The first-order chi connectivity index (χ1) is 10.5. The number of H-pyrrole nitrogens is 1. The summed E-state index contributed by atoms with van der Waals surface area (Å²) in [5, 5.41) is 3.80. The van der Waals surface area contributed by atoms with E-state index in [1.165, 1.54) is 24.2 Å². The van der Waals surface area contributed by atoms with E-state index in [4.69, 9.17) is 4.74 Å². The average molecular weight is 321 g/mol. The van der Waals surface area contributed by atoms with Crippen molar-refractivity contribution >= 4 is 27.5 Å². The van der Waals surface area contributed by atoms with Gasteiger partial charge in [0.2, 0.25) is 0 Å². The molecule has 0 bridgehead atoms. The van der Waals surface area contributed by atoms with Gasteiger partial charge in [-0.2, -0.15) is 0 Å². The summed E-state index contributed by atoms with van der Waals surface area (Å²) in [6, 6.07) is 0.544. The molecule has 7 heteroatoms. The van der Waals surface area contributed by atoms with E-state index in [9.17, 15) is 9.59 Å². The molecule has 22 heavy (non-hydrogen) atoms. The molecule has 2 N–H and O–H groups in total. The van der Waals surface area contributed by atoms with Crippen LogP contribution >= 0.6 is 11.3 Å². The third-order valence-electron chi connectivity index (χ3n) is 3.51. The second kappa shape index (κ2) is 5.81. The van der Waals surface area contributed by atoms with Crippen molar-refractivity contribution in [2.45, 2.75) is 52.3 Å². The number of aryl methyl sites for hydroxylation is 1. The number of carbonyl (C=O) groups excluding carboxylic acids is 1. The summed E-state index contributed by atoms with van der Waals surface area (Å²) in [6.07, 6.45) is 2.16. The Morgan fingerprint density at radius 1 is 1.50 bits per heavy atom. The SMILES string of the molecule is Cc1c(C(=O)OC(C)C)sc2nc(CNC3CC3)[nH]c(=O)c12. The largest absolute Gasteiger partial charge is 0.459 e. The Kier molecular flexibility index (Phi) is 4.01. The van der Waals surface area contributed by atoms with E-state index in [1.807, 2.05) is 0 Å². The Balaban J connectivity index is 1.95. The summed E-state index contributed by atoms with van der Waals surface area (Å²) in [5.74, 6) is 0.210. The summed E-state index contributed by atoms with van der Waals surface area (Å²) < 4.78 is 5.22. The second-order valence-electron chi connectivity index (χ2n) is 5.86. The minimum Gasteiger partial charge on any atom is -0.459 e. The van der Waals surface area contributed by atoms with Gasteiger partial charge in [-0.05, 0) is 39.2 Å². The molecule has 1 aliphatic carbocycles. The first-order valence-electron chi connectivity index (χ1n) is 7.42. The predicted molar refractivity (Wildman–Crippen MR) is 85.4 cm³/mol. The molecule has 2 aromatic rings. The minimum absolute atomic E-state index is 0.193. The number of nitrogens with one attached hydrogen (secondary N) is 2. The highest BCUT2D eigenvalue weighted by molar-refractivity contribution is 7.20. The molecule has 118 valence electrons. The maximum Gasteiger partial charge on any atom is 0.348 e. The Labute approximate surface area is 131 Å². The molecule has 0 atom stereocenters. The molecule has 0 radical (unpaired) electrons. The zero-order valence-electron chi connectivity index (χ0n) is 12.9. The number of aromatic amines is 1. The highest BCUT2D eigenvalue weighted by Crippen LogP contribution is 2.28. The average Bonchev–Trinajstić information content (AvgIpc) is 3.19. The van der Waals surface area contributed by atoms with E-state index in [0.717, 1.165) is 0 Å². The zero-order chi connectivity index (χ0) is 15.9. The van der Waals surface area contributed by atoms with Crippen LogP contribution < -0.4 is 10.9 Å². The molecule has 6 nitrogen and oxygen atoms in total. The minimum atomic E-state index is -0.396. The third kappa shape index (κ3) is 3.05. The molecule has 0 saturated heterocycles. The zero-order valence-corrected chi connectivity index (χ0v) is 13.7. The van der Waals surface area contributed by atoms with Gasteiger partial charge in [0.15, 0.2) is 0 Å². The lowest BCUT2D eigenvalue weighted by Crippen LogP contribution is -2.20. The topological polar surface area (TPSA) is 84.1 Å². The number of ether oxygens (including phenoxy) is 1. The number of carbonyl (C=O) groups is 1. The maximum absolute atomic E-state index is 12.3. The molecular weight excluding hydrogens is 302 g/mol. The van der Waals surface area contributed by atoms with Gasteiger partial charge in [0, 0.05) is 6.04 Å². The quantitative estimate of drug-likeness (QED) is 0.824. The Bertz CT molecular complexity index is 774. The van der Waals surface area contributed by atoms with Crippen molar-refractivity contribution in [2.75, 3.05) is 0 Å². The van der Waals surface area contributed by atoms with Crippen LogP contribution in [-0.2, 0) is 11.3 Å². The molecule has 1 saturated carbocycles. The highest BCUT2D eigenvalue weighted by atomic mass is 32.1. The van der Waals surface area contributed by atoms with Crippen LogP contribution in [0.25, 0.3) is 10.2 Å². The van der Waals surface area contributed by atoms with E-state index in [1.54, 1.807) is 20.8 Å². The Hall–Kier alpha value is -1.73. The number of aromatic nitrogens is 2. The van der Waals surface area contributed by atoms with Crippen LogP contribution in [0.3, 0.4) is 0 Å². The van der Waals surface area contributed by atoms with Gasteiger partial charge in [-0.25, -0.2) is 9.78 Å².